The molecular weight excluding hydrogens is 222 g/mol. The maximum atomic E-state index is 6.36. The zero-order valence-electron chi connectivity index (χ0n) is 10.3. The maximum absolute atomic E-state index is 6.36. The second kappa shape index (κ2) is 3.61. The number of fused-ring (bicyclic) bond motifs is 3. The molecule has 1 aliphatic heterocycles. The fourth-order valence-electron chi connectivity index (χ4n) is 3.65. The van der Waals surface area contributed by atoms with Gasteiger partial charge in [-0.25, -0.2) is 0 Å². The Balaban J connectivity index is 1.83. The molecule has 2 fully saturated rings. The summed E-state index contributed by atoms with van der Waals surface area (Å²) in [5, 5.41) is 2.26. The second-order valence-electron chi connectivity index (χ2n) is 5.58. The maximum Gasteiger partial charge on any atom is 0.0632 e. The summed E-state index contributed by atoms with van der Waals surface area (Å²) < 4.78 is 0. The van der Waals surface area contributed by atoms with Crippen LogP contribution in [0.4, 0.5) is 11.4 Å². The average Bonchev–Trinajstić information content (AvgIpc) is 3.02. The Bertz CT molecular complexity index is 608. The van der Waals surface area contributed by atoms with Crippen molar-refractivity contribution in [1.29, 1.82) is 0 Å². The molecule has 1 saturated heterocycles. The van der Waals surface area contributed by atoms with E-state index in [0.29, 0.717) is 0 Å². The molecule has 3 heteroatoms. The van der Waals surface area contributed by atoms with Gasteiger partial charge in [0.2, 0.25) is 0 Å². The number of nitrogens with two attached hydrogens (primary N) is 1. The molecule has 2 heterocycles. The van der Waals surface area contributed by atoms with Crippen molar-refractivity contribution in [2.45, 2.75) is 25.3 Å². The smallest absolute Gasteiger partial charge is 0.0632 e. The van der Waals surface area contributed by atoms with Gasteiger partial charge in [0.05, 0.1) is 11.4 Å². The first-order valence-corrected chi connectivity index (χ1v) is 6.72. The van der Waals surface area contributed by atoms with E-state index in [9.17, 15) is 0 Å². The standard InChI is InChI=1S/C15H17N3/c16-15-13-5-6-17-8-11(13)2-4-14(15)18-9-10-1-3-12(18)7-10/h2,4-6,8,10,12H,1,3,7,9,16H2. The molecule has 0 amide bonds. The van der Waals surface area contributed by atoms with E-state index in [0.717, 1.165) is 28.4 Å². The van der Waals surface area contributed by atoms with Gasteiger partial charge in [0, 0.05) is 35.8 Å². The highest BCUT2D eigenvalue weighted by Crippen LogP contribution is 2.43. The Morgan fingerprint density at radius 2 is 2.17 bits per heavy atom. The molecule has 1 aliphatic carbocycles. The SMILES string of the molecule is Nc1c(N2CC3CCC2C3)ccc2cnccc12. The quantitative estimate of drug-likeness (QED) is 0.778. The Morgan fingerprint density at radius 3 is 2.94 bits per heavy atom. The normalized spacial score (nSPS) is 26.1. The molecule has 92 valence electrons. The van der Waals surface area contributed by atoms with E-state index in [4.69, 9.17) is 5.73 Å². The number of hydrogen-bond acceptors (Lipinski definition) is 3. The molecule has 2 N–H and O–H groups in total. The molecule has 2 bridgehead atoms. The minimum absolute atomic E-state index is 0.719. The highest BCUT2D eigenvalue weighted by atomic mass is 15.2. The fourth-order valence-corrected chi connectivity index (χ4v) is 3.65. The van der Waals surface area contributed by atoms with Gasteiger partial charge in [0.25, 0.3) is 0 Å². The van der Waals surface area contributed by atoms with Crippen LogP contribution in [-0.2, 0) is 0 Å². The van der Waals surface area contributed by atoms with Crippen molar-refractivity contribution in [3.8, 4) is 0 Å². The summed E-state index contributed by atoms with van der Waals surface area (Å²) in [5.41, 5.74) is 8.50. The van der Waals surface area contributed by atoms with Crippen LogP contribution < -0.4 is 10.6 Å². The lowest BCUT2D eigenvalue weighted by atomic mass is 10.1. The summed E-state index contributed by atoms with van der Waals surface area (Å²) in [6, 6.07) is 7.04. The van der Waals surface area contributed by atoms with Crippen LogP contribution in [-0.4, -0.2) is 17.6 Å². The number of rotatable bonds is 1. The first kappa shape index (κ1) is 10.2. The lowest BCUT2D eigenvalue weighted by Crippen LogP contribution is -2.32. The fraction of sp³-hybridized carbons (Fsp3) is 0.400. The van der Waals surface area contributed by atoms with E-state index in [1.807, 2.05) is 18.5 Å². The summed E-state index contributed by atoms with van der Waals surface area (Å²) >= 11 is 0. The summed E-state index contributed by atoms with van der Waals surface area (Å²) in [7, 11) is 0. The molecule has 2 aromatic rings. The minimum Gasteiger partial charge on any atom is -0.397 e. The van der Waals surface area contributed by atoms with Crippen LogP contribution in [0.15, 0.2) is 30.6 Å². The van der Waals surface area contributed by atoms with Crippen LogP contribution in [0.3, 0.4) is 0 Å². The number of anilines is 2. The summed E-state index contributed by atoms with van der Waals surface area (Å²) in [5.74, 6) is 0.891. The predicted molar refractivity (Wildman–Crippen MR) is 74.6 cm³/mol. The number of hydrogen-bond donors (Lipinski definition) is 1. The zero-order valence-corrected chi connectivity index (χ0v) is 10.3. The van der Waals surface area contributed by atoms with Crippen LogP contribution in [0.2, 0.25) is 0 Å². The van der Waals surface area contributed by atoms with Gasteiger partial charge < -0.3 is 10.6 Å². The van der Waals surface area contributed by atoms with Crippen LogP contribution in [0.1, 0.15) is 19.3 Å². The van der Waals surface area contributed by atoms with Crippen molar-refractivity contribution in [2.75, 3.05) is 17.2 Å². The minimum atomic E-state index is 0.719. The molecule has 1 saturated carbocycles. The van der Waals surface area contributed by atoms with E-state index in [2.05, 4.69) is 22.0 Å². The largest absolute Gasteiger partial charge is 0.397 e. The third-order valence-corrected chi connectivity index (χ3v) is 4.56. The summed E-state index contributed by atoms with van der Waals surface area (Å²) in [4.78, 5) is 6.67. The number of piperidine rings is 1. The second-order valence-corrected chi connectivity index (χ2v) is 5.58. The zero-order chi connectivity index (χ0) is 12.1. The van der Waals surface area contributed by atoms with Gasteiger partial charge >= 0.3 is 0 Å². The van der Waals surface area contributed by atoms with Crippen molar-refractivity contribution in [3.63, 3.8) is 0 Å². The lowest BCUT2D eigenvalue weighted by Gasteiger charge is -2.30. The third kappa shape index (κ3) is 1.33. The van der Waals surface area contributed by atoms with Gasteiger partial charge in [-0.05, 0) is 37.3 Å². The van der Waals surface area contributed by atoms with Crippen LogP contribution in [0.25, 0.3) is 10.8 Å². The highest BCUT2D eigenvalue weighted by Gasteiger charge is 2.38. The van der Waals surface area contributed by atoms with Gasteiger partial charge in [-0.2, -0.15) is 0 Å². The molecule has 1 aromatic carbocycles. The number of nitrogen functional groups attached to an aromatic ring is 1. The number of pyridine rings is 1. The van der Waals surface area contributed by atoms with Crippen molar-refractivity contribution in [2.24, 2.45) is 5.92 Å². The predicted octanol–water partition coefficient (Wildman–Crippen LogP) is 2.81. The van der Waals surface area contributed by atoms with Gasteiger partial charge in [-0.1, -0.05) is 6.07 Å². The number of nitrogens with zero attached hydrogens (tertiary/aromatic N) is 2. The topological polar surface area (TPSA) is 42.1 Å². The molecule has 1 aromatic heterocycles. The molecule has 2 atom stereocenters. The molecule has 0 spiro atoms. The van der Waals surface area contributed by atoms with Crippen molar-refractivity contribution < 1.29 is 0 Å². The molecule has 0 radical (unpaired) electrons. The number of aromatic nitrogens is 1. The van der Waals surface area contributed by atoms with E-state index in [1.54, 1.807) is 0 Å². The summed E-state index contributed by atoms with van der Waals surface area (Å²) in [6.07, 6.45) is 7.79. The van der Waals surface area contributed by atoms with Gasteiger partial charge in [0.15, 0.2) is 0 Å². The molecule has 2 aliphatic rings. The first-order chi connectivity index (χ1) is 8.83. The average molecular weight is 239 g/mol. The summed E-state index contributed by atoms with van der Waals surface area (Å²) in [6.45, 7) is 1.19. The number of benzene rings is 1. The van der Waals surface area contributed by atoms with E-state index < -0.39 is 0 Å². The van der Waals surface area contributed by atoms with Gasteiger partial charge in [0.1, 0.15) is 0 Å². The molecule has 18 heavy (non-hydrogen) atoms. The molecule has 4 rings (SSSR count). The molecular formula is C15H17N3. The van der Waals surface area contributed by atoms with Crippen LogP contribution in [0, 0.1) is 5.92 Å². The van der Waals surface area contributed by atoms with Crippen molar-refractivity contribution in [1.82, 2.24) is 4.98 Å². The Hall–Kier alpha value is -1.77. The van der Waals surface area contributed by atoms with E-state index >= 15 is 0 Å². The molecule has 3 nitrogen and oxygen atoms in total. The van der Waals surface area contributed by atoms with E-state index in [-0.39, 0.29) is 0 Å². The van der Waals surface area contributed by atoms with Crippen molar-refractivity contribution in [3.05, 3.63) is 30.6 Å². The molecule has 2 unspecified atom stereocenters. The monoisotopic (exact) mass is 239 g/mol. The van der Waals surface area contributed by atoms with Gasteiger partial charge in [-0.3, -0.25) is 4.98 Å². The first-order valence-electron chi connectivity index (χ1n) is 6.72. The Morgan fingerprint density at radius 1 is 1.22 bits per heavy atom. The Kier molecular flexibility index (Phi) is 2.04. The highest BCUT2D eigenvalue weighted by molar-refractivity contribution is 5.98. The van der Waals surface area contributed by atoms with Gasteiger partial charge in [-0.15, -0.1) is 0 Å². The van der Waals surface area contributed by atoms with E-state index in [1.165, 1.54) is 31.5 Å². The lowest BCUT2D eigenvalue weighted by molar-refractivity contribution is 0.554. The Labute approximate surface area is 107 Å². The van der Waals surface area contributed by atoms with Crippen LogP contribution in [0.5, 0.6) is 0 Å². The van der Waals surface area contributed by atoms with Crippen molar-refractivity contribution >= 4 is 22.1 Å². The third-order valence-electron chi connectivity index (χ3n) is 4.56. The van der Waals surface area contributed by atoms with Crippen LogP contribution >= 0.6 is 0 Å².